The first kappa shape index (κ1) is 18.5. The van der Waals surface area contributed by atoms with Crippen LogP contribution in [0.3, 0.4) is 0 Å². The van der Waals surface area contributed by atoms with Gasteiger partial charge in [0.05, 0.1) is 0 Å². The Balaban J connectivity index is 1.75. The monoisotopic (exact) mass is 351 g/mol. The van der Waals surface area contributed by atoms with Gasteiger partial charge in [0.25, 0.3) is 0 Å². The Morgan fingerprint density at radius 3 is 2.19 bits per heavy atom. The number of hydrogen-bond donors (Lipinski definition) is 1. The minimum atomic E-state index is -0.221. The van der Waals surface area contributed by atoms with Gasteiger partial charge >= 0.3 is 0 Å². The van der Waals surface area contributed by atoms with E-state index in [-0.39, 0.29) is 11.9 Å². The van der Waals surface area contributed by atoms with Crippen LogP contribution in [0.4, 0.5) is 11.4 Å². The SMILES string of the molecule is CCN(CC)c1ccc(NC(=O)C(c2ccccc2)N2CCCC2)cc1. The smallest absolute Gasteiger partial charge is 0.246 e. The summed E-state index contributed by atoms with van der Waals surface area (Å²) in [4.78, 5) is 17.6. The van der Waals surface area contributed by atoms with E-state index in [0.29, 0.717) is 0 Å². The third kappa shape index (κ3) is 4.25. The highest BCUT2D eigenvalue weighted by molar-refractivity contribution is 5.95. The molecule has 0 saturated carbocycles. The van der Waals surface area contributed by atoms with Crippen LogP contribution in [0.25, 0.3) is 0 Å². The van der Waals surface area contributed by atoms with Gasteiger partial charge in [-0.3, -0.25) is 9.69 Å². The Hall–Kier alpha value is -2.33. The van der Waals surface area contributed by atoms with Crippen LogP contribution in [0, 0.1) is 0 Å². The van der Waals surface area contributed by atoms with E-state index in [1.54, 1.807) is 0 Å². The molecule has 138 valence electrons. The fourth-order valence-corrected chi connectivity index (χ4v) is 3.72. The zero-order valence-corrected chi connectivity index (χ0v) is 15.8. The Labute approximate surface area is 156 Å². The van der Waals surface area contributed by atoms with Gasteiger partial charge in [-0.15, -0.1) is 0 Å². The Bertz CT molecular complexity index is 689. The van der Waals surface area contributed by atoms with Gasteiger partial charge in [-0.1, -0.05) is 30.3 Å². The zero-order chi connectivity index (χ0) is 18.4. The largest absolute Gasteiger partial charge is 0.372 e. The third-order valence-corrected chi connectivity index (χ3v) is 5.13. The van der Waals surface area contributed by atoms with E-state index in [1.807, 2.05) is 42.5 Å². The summed E-state index contributed by atoms with van der Waals surface area (Å²) >= 11 is 0. The van der Waals surface area contributed by atoms with Crippen molar-refractivity contribution in [1.82, 2.24) is 4.90 Å². The fraction of sp³-hybridized carbons (Fsp3) is 0.409. The van der Waals surface area contributed by atoms with E-state index in [1.165, 1.54) is 5.69 Å². The van der Waals surface area contributed by atoms with Crippen molar-refractivity contribution in [3.05, 3.63) is 60.2 Å². The van der Waals surface area contributed by atoms with Crippen molar-refractivity contribution in [2.24, 2.45) is 0 Å². The van der Waals surface area contributed by atoms with E-state index < -0.39 is 0 Å². The Morgan fingerprint density at radius 1 is 1.00 bits per heavy atom. The normalized spacial score (nSPS) is 15.6. The summed E-state index contributed by atoms with van der Waals surface area (Å²) in [7, 11) is 0. The lowest BCUT2D eigenvalue weighted by molar-refractivity contribution is -0.121. The minimum Gasteiger partial charge on any atom is -0.372 e. The maximum atomic E-state index is 13.1. The first-order valence-electron chi connectivity index (χ1n) is 9.67. The van der Waals surface area contributed by atoms with Gasteiger partial charge in [-0.2, -0.15) is 0 Å². The molecule has 0 spiro atoms. The predicted octanol–water partition coefficient (Wildman–Crippen LogP) is 4.31. The lowest BCUT2D eigenvalue weighted by Crippen LogP contribution is -2.35. The molecule has 2 aromatic carbocycles. The highest BCUT2D eigenvalue weighted by atomic mass is 16.2. The zero-order valence-electron chi connectivity index (χ0n) is 15.8. The second kappa shape index (κ2) is 8.86. The number of nitrogens with zero attached hydrogens (tertiary/aromatic N) is 2. The minimum absolute atomic E-state index is 0.0497. The molecule has 4 heteroatoms. The lowest BCUT2D eigenvalue weighted by Gasteiger charge is -2.27. The van der Waals surface area contributed by atoms with Crippen molar-refractivity contribution in [1.29, 1.82) is 0 Å². The number of rotatable bonds is 7. The van der Waals surface area contributed by atoms with Crippen LogP contribution < -0.4 is 10.2 Å². The van der Waals surface area contributed by atoms with Crippen LogP contribution in [-0.2, 0) is 4.79 Å². The molecule has 1 heterocycles. The number of carbonyl (C=O) groups excluding carboxylic acids is 1. The van der Waals surface area contributed by atoms with Crippen molar-refractivity contribution in [3.8, 4) is 0 Å². The van der Waals surface area contributed by atoms with E-state index in [9.17, 15) is 4.79 Å². The Kier molecular flexibility index (Phi) is 6.29. The molecule has 3 rings (SSSR count). The summed E-state index contributed by atoms with van der Waals surface area (Å²) in [5.74, 6) is 0.0497. The molecule has 2 aromatic rings. The number of nitrogens with one attached hydrogen (secondary N) is 1. The summed E-state index contributed by atoms with van der Waals surface area (Å²) in [6.45, 7) is 8.22. The topological polar surface area (TPSA) is 35.6 Å². The molecule has 4 nitrogen and oxygen atoms in total. The van der Waals surface area contributed by atoms with Crippen molar-refractivity contribution in [3.63, 3.8) is 0 Å². The van der Waals surface area contributed by atoms with Gasteiger partial charge in [0.1, 0.15) is 6.04 Å². The highest BCUT2D eigenvalue weighted by Gasteiger charge is 2.29. The quantitative estimate of drug-likeness (QED) is 0.807. The second-order valence-corrected chi connectivity index (χ2v) is 6.76. The van der Waals surface area contributed by atoms with Gasteiger partial charge in [0.2, 0.25) is 5.91 Å². The average molecular weight is 351 g/mol. The van der Waals surface area contributed by atoms with E-state index in [0.717, 1.165) is 50.3 Å². The molecule has 1 aliphatic rings. The molecule has 1 fully saturated rings. The van der Waals surface area contributed by atoms with Gasteiger partial charge in [0.15, 0.2) is 0 Å². The van der Waals surface area contributed by atoms with E-state index in [2.05, 4.69) is 41.1 Å². The van der Waals surface area contributed by atoms with Gasteiger partial charge in [-0.05, 0) is 69.6 Å². The highest BCUT2D eigenvalue weighted by Crippen LogP contribution is 2.27. The van der Waals surface area contributed by atoms with Crippen molar-refractivity contribution >= 4 is 17.3 Å². The van der Waals surface area contributed by atoms with Crippen LogP contribution >= 0.6 is 0 Å². The molecule has 26 heavy (non-hydrogen) atoms. The summed E-state index contributed by atoms with van der Waals surface area (Å²) in [5, 5.41) is 3.12. The number of anilines is 2. The van der Waals surface area contributed by atoms with Crippen LogP contribution in [0.2, 0.25) is 0 Å². The van der Waals surface area contributed by atoms with Crippen molar-refractivity contribution in [2.45, 2.75) is 32.7 Å². The molecular formula is C22H29N3O. The molecule has 0 aliphatic carbocycles. The van der Waals surface area contributed by atoms with Crippen molar-refractivity contribution in [2.75, 3.05) is 36.4 Å². The molecule has 1 unspecified atom stereocenters. The van der Waals surface area contributed by atoms with Gasteiger partial charge in [-0.25, -0.2) is 0 Å². The summed E-state index contributed by atoms with van der Waals surface area (Å²) < 4.78 is 0. The van der Waals surface area contributed by atoms with Crippen LogP contribution in [0.15, 0.2) is 54.6 Å². The molecule has 1 saturated heterocycles. The van der Waals surface area contributed by atoms with Crippen LogP contribution in [0.1, 0.15) is 38.3 Å². The summed E-state index contributed by atoms with van der Waals surface area (Å²) in [5.41, 5.74) is 3.10. The maximum Gasteiger partial charge on any atom is 0.246 e. The average Bonchev–Trinajstić information content (AvgIpc) is 3.19. The number of amides is 1. The predicted molar refractivity (Wildman–Crippen MR) is 109 cm³/mol. The standard InChI is InChI=1S/C22H29N3O/c1-3-24(4-2)20-14-12-19(13-15-20)23-22(26)21(25-16-8-9-17-25)18-10-6-5-7-11-18/h5-7,10-15,21H,3-4,8-9,16-17H2,1-2H3,(H,23,26). The third-order valence-electron chi connectivity index (χ3n) is 5.13. The molecule has 0 bridgehead atoms. The molecular weight excluding hydrogens is 322 g/mol. The number of likely N-dealkylation sites (tertiary alicyclic amines) is 1. The number of carbonyl (C=O) groups is 1. The molecule has 1 amide bonds. The molecule has 1 N–H and O–H groups in total. The summed E-state index contributed by atoms with van der Waals surface area (Å²) in [6.07, 6.45) is 2.32. The van der Waals surface area contributed by atoms with Gasteiger partial charge in [0, 0.05) is 24.5 Å². The van der Waals surface area contributed by atoms with Crippen molar-refractivity contribution < 1.29 is 4.79 Å². The fourth-order valence-electron chi connectivity index (χ4n) is 3.72. The van der Waals surface area contributed by atoms with Gasteiger partial charge < -0.3 is 10.2 Å². The molecule has 1 atom stereocenters. The second-order valence-electron chi connectivity index (χ2n) is 6.76. The number of benzene rings is 2. The first-order chi connectivity index (χ1) is 12.7. The summed E-state index contributed by atoms with van der Waals surface area (Å²) in [6, 6.07) is 18.0. The van der Waals surface area contributed by atoms with Crippen LogP contribution in [0.5, 0.6) is 0 Å². The Morgan fingerprint density at radius 2 is 1.62 bits per heavy atom. The molecule has 0 radical (unpaired) electrons. The molecule has 0 aromatic heterocycles. The first-order valence-corrected chi connectivity index (χ1v) is 9.67. The lowest BCUT2D eigenvalue weighted by atomic mass is 10.0. The van der Waals surface area contributed by atoms with E-state index in [4.69, 9.17) is 0 Å². The molecule has 1 aliphatic heterocycles. The van der Waals surface area contributed by atoms with E-state index >= 15 is 0 Å². The van der Waals surface area contributed by atoms with Crippen LogP contribution in [-0.4, -0.2) is 37.0 Å². The number of hydrogen-bond acceptors (Lipinski definition) is 3. The maximum absolute atomic E-state index is 13.1.